The first-order valence-corrected chi connectivity index (χ1v) is 9.30. The summed E-state index contributed by atoms with van der Waals surface area (Å²) in [5.74, 6) is -0.332. The van der Waals surface area contributed by atoms with Crippen LogP contribution in [0.25, 0.3) is 10.9 Å². The van der Waals surface area contributed by atoms with E-state index in [9.17, 15) is 9.90 Å². The Morgan fingerprint density at radius 3 is 2.68 bits per heavy atom. The number of piperidine rings is 1. The molecule has 146 valence electrons. The van der Waals surface area contributed by atoms with Gasteiger partial charge in [0.05, 0.1) is 22.2 Å². The highest BCUT2D eigenvalue weighted by atomic mass is 35.5. The Morgan fingerprint density at radius 1 is 1.14 bits per heavy atom. The maximum absolute atomic E-state index is 13.0. The van der Waals surface area contributed by atoms with Gasteiger partial charge in [0.15, 0.2) is 0 Å². The van der Waals surface area contributed by atoms with Crippen molar-refractivity contribution in [2.45, 2.75) is 18.1 Å². The van der Waals surface area contributed by atoms with E-state index in [-0.39, 0.29) is 24.0 Å². The molecule has 0 spiro atoms. The number of hydrogen-bond donors (Lipinski definition) is 3. The third-order valence-corrected chi connectivity index (χ3v) is 5.44. The summed E-state index contributed by atoms with van der Waals surface area (Å²) >= 11 is 6.23. The summed E-state index contributed by atoms with van der Waals surface area (Å²) in [7, 11) is 0. The second-order valence-electron chi connectivity index (χ2n) is 6.77. The van der Waals surface area contributed by atoms with E-state index in [2.05, 4.69) is 15.6 Å². The van der Waals surface area contributed by atoms with Crippen molar-refractivity contribution in [3.63, 3.8) is 0 Å². The van der Waals surface area contributed by atoms with Crippen LogP contribution in [-0.2, 0) is 5.54 Å². The largest absolute Gasteiger partial charge is 0.389 e. The summed E-state index contributed by atoms with van der Waals surface area (Å²) in [4.78, 5) is 17.5. The zero-order valence-electron chi connectivity index (χ0n) is 15.1. The number of pyridine rings is 1. The van der Waals surface area contributed by atoms with Crippen LogP contribution in [-0.4, -0.2) is 35.2 Å². The monoisotopic (exact) mass is 417 g/mol. The minimum atomic E-state index is -0.860. The summed E-state index contributed by atoms with van der Waals surface area (Å²) in [5, 5.41) is 18.4. The van der Waals surface area contributed by atoms with Crippen LogP contribution >= 0.6 is 24.0 Å². The second kappa shape index (κ2) is 8.45. The van der Waals surface area contributed by atoms with E-state index in [1.54, 1.807) is 12.1 Å². The molecule has 28 heavy (non-hydrogen) atoms. The maximum atomic E-state index is 13.0. The van der Waals surface area contributed by atoms with Crippen molar-refractivity contribution < 1.29 is 9.90 Å². The van der Waals surface area contributed by atoms with E-state index in [1.807, 2.05) is 48.5 Å². The summed E-state index contributed by atoms with van der Waals surface area (Å²) in [6, 6.07) is 18.6. The van der Waals surface area contributed by atoms with Gasteiger partial charge in [0.25, 0.3) is 5.91 Å². The fourth-order valence-corrected chi connectivity index (χ4v) is 3.88. The van der Waals surface area contributed by atoms with Crippen LogP contribution in [0, 0.1) is 0 Å². The number of fused-ring (bicyclic) bond motifs is 1. The normalized spacial score (nSPS) is 21.7. The molecule has 7 heteroatoms. The molecular formula is C21H21Cl2N3O2. The predicted molar refractivity (Wildman–Crippen MR) is 113 cm³/mol. The number of para-hydroxylation sites is 1. The Balaban J connectivity index is 0.00000225. The minimum Gasteiger partial charge on any atom is -0.389 e. The summed E-state index contributed by atoms with van der Waals surface area (Å²) < 4.78 is 0. The van der Waals surface area contributed by atoms with Gasteiger partial charge in [0.2, 0.25) is 0 Å². The molecule has 1 amide bonds. The molecule has 0 bridgehead atoms. The molecule has 0 saturated carbocycles. The van der Waals surface area contributed by atoms with Crippen LogP contribution in [0.15, 0.2) is 60.7 Å². The van der Waals surface area contributed by atoms with Gasteiger partial charge in [-0.05, 0) is 30.7 Å². The lowest BCUT2D eigenvalue weighted by molar-refractivity contribution is 0.0288. The SMILES string of the molecule is Cl.O=C(N[C@]1(c2ccccc2)CCNC[C@H]1O)c1ccc2cccc(Cl)c2n1. The highest BCUT2D eigenvalue weighted by Crippen LogP contribution is 2.31. The van der Waals surface area contributed by atoms with Gasteiger partial charge in [-0.25, -0.2) is 4.98 Å². The number of carbonyl (C=O) groups is 1. The number of hydrogen-bond acceptors (Lipinski definition) is 4. The summed E-state index contributed by atoms with van der Waals surface area (Å²) in [6.07, 6.45) is -0.167. The van der Waals surface area contributed by atoms with Gasteiger partial charge in [-0.3, -0.25) is 4.79 Å². The molecule has 0 aliphatic carbocycles. The minimum absolute atomic E-state index is 0. The molecular weight excluding hydrogens is 397 g/mol. The predicted octanol–water partition coefficient (Wildman–Crippen LogP) is 3.29. The molecule has 0 radical (unpaired) electrons. The fourth-order valence-electron chi connectivity index (χ4n) is 3.66. The van der Waals surface area contributed by atoms with Gasteiger partial charge in [-0.15, -0.1) is 12.4 Å². The Labute approximate surface area is 174 Å². The first kappa shape index (κ1) is 20.6. The Morgan fingerprint density at radius 2 is 1.93 bits per heavy atom. The number of aromatic nitrogens is 1. The van der Waals surface area contributed by atoms with Crippen molar-refractivity contribution in [1.29, 1.82) is 0 Å². The first-order valence-electron chi connectivity index (χ1n) is 8.92. The van der Waals surface area contributed by atoms with Gasteiger partial charge in [-0.2, -0.15) is 0 Å². The topological polar surface area (TPSA) is 74.2 Å². The molecule has 3 N–H and O–H groups in total. The number of β-amino-alcohol motifs (C(OH)–C–C–N with tert-alkyl or cyclic N) is 1. The first-order chi connectivity index (χ1) is 13.1. The number of rotatable bonds is 3. The van der Waals surface area contributed by atoms with Crippen molar-refractivity contribution >= 4 is 40.8 Å². The molecule has 2 heterocycles. The number of aliphatic hydroxyl groups is 1. The highest BCUT2D eigenvalue weighted by Gasteiger charge is 2.43. The molecule has 3 aromatic rings. The van der Waals surface area contributed by atoms with Crippen LogP contribution in [0.2, 0.25) is 5.02 Å². The number of nitrogens with zero attached hydrogens (tertiary/aromatic N) is 1. The van der Waals surface area contributed by atoms with E-state index < -0.39 is 11.6 Å². The lowest BCUT2D eigenvalue weighted by Gasteiger charge is -2.42. The maximum Gasteiger partial charge on any atom is 0.270 e. The van der Waals surface area contributed by atoms with Crippen LogP contribution in [0.4, 0.5) is 0 Å². The molecule has 1 fully saturated rings. The number of aliphatic hydroxyl groups excluding tert-OH is 1. The molecule has 0 unspecified atom stereocenters. The number of halogens is 2. The Bertz CT molecular complexity index is 984. The van der Waals surface area contributed by atoms with Crippen molar-refractivity contribution in [1.82, 2.24) is 15.6 Å². The highest BCUT2D eigenvalue weighted by molar-refractivity contribution is 6.35. The molecule has 1 aromatic heterocycles. The van der Waals surface area contributed by atoms with Crippen molar-refractivity contribution in [2.75, 3.05) is 13.1 Å². The summed E-state index contributed by atoms with van der Waals surface area (Å²) in [5.41, 5.74) is 0.884. The number of nitrogens with one attached hydrogen (secondary N) is 2. The zero-order chi connectivity index (χ0) is 18.9. The van der Waals surface area contributed by atoms with E-state index in [0.29, 0.717) is 30.0 Å². The molecule has 2 aromatic carbocycles. The number of carbonyl (C=O) groups excluding carboxylic acids is 1. The molecule has 2 atom stereocenters. The van der Waals surface area contributed by atoms with Gasteiger partial charge in [0, 0.05) is 11.9 Å². The van der Waals surface area contributed by atoms with E-state index >= 15 is 0 Å². The average molecular weight is 418 g/mol. The van der Waals surface area contributed by atoms with E-state index in [1.165, 1.54) is 0 Å². The van der Waals surface area contributed by atoms with Crippen molar-refractivity contribution in [3.8, 4) is 0 Å². The van der Waals surface area contributed by atoms with Gasteiger partial charge < -0.3 is 15.7 Å². The third-order valence-electron chi connectivity index (χ3n) is 5.13. The second-order valence-corrected chi connectivity index (χ2v) is 7.18. The molecule has 1 aliphatic rings. The molecule has 4 rings (SSSR count). The lowest BCUT2D eigenvalue weighted by atomic mass is 9.79. The smallest absolute Gasteiger partial charge is 0.270 e. The zero-order valence-corrected chi connectivity index (χ0v) is 16.6. The molecule has 1 aliphatic heterocycles. The van der Waals surface area contributed by atoms with Crippen molar-refractivity contribution in [3.05, 3.63) is 76.9 Å². The Kier molecular flexibility index (Phi) is 6.20. The standard InChI is InChI=1S/C21H20ClN3O2.ClH/c22-16-8-4-5-14-9-10-17(24-19(14)16)20(27)25-21(11-12-23-13-18(21)26)15-6-2-1-3-7-15;/h1-10,18,23,26H,11-13H2,(H,25,27);1H/t18-,21+;/m1./s1. The van der Waals surface area contributed by atoms with Crippen LogP contribution in [0.1, 0.15) is 22.5 Å². The lowest BCUT2D eigenvalue weighted by Crippen LogP contribution is -2.61. The van der Waals surface area contributed by atoms with E-state index in [0.717, 1.165) is 10.9 Å². The van der Waals surface area contributed by atoms with Gasteiger partial charge in [0.1, 0.15) is 5.69 Å². The van der Waals surface area contributed by atoms with E-state index in [4.69, 9.17) is 11.6 Å². The third kappa shape index (κ3) is 3.71. The van der Waals surface area contributed by atoms with Gasteiger partial charge >= 0.3 is 0 Å². The van der Waals surface area contributed by atoms with Crippen molar-refractivity contribution in [2.24, 2.45) is 0 Å². The molecule has 1 saturated heterocycles. The molecule has 5 nitrogen and oxygen atoms in total. The Hall–Kier alpha value is -2.18. The number of amides is 1. The van der Waals surface area contributed by atoms with Gasteiger partial charge in [-0.1, -0.05) is 60.1 Å². The summed E-state index contributed by atoms with van der Waals surface area (Å²) in [6.45, 7) is 1.11. The number of benzene rings is 2. The van der Waals surface area contributed by atoms with Crippen LogP contribution < -0.4 is 10.6 Å². The average Bonchev–Trinajstić information content (AvgIpc) is 2.70. The van der Waals surface area contributed by atoms with Crippen LogP contribution in [0.5, 0.6) is 0 Å². The quantitative estimate of drug-likeness (QED) is 0.611. The fraction of sp³-hybridized carbons (Fsp3) is 0.238. The van der Waals surface area contributed by atoms with Crippen LogP contribution in [0.3, 0.4) is 0 Å².